The first-order chi connectivity index (χ1) is 9.15. The van der Waals surface area contributed by atoms with Crippen molar-refractivity contribution in [2.45, 2.75) is 25.8 Å². The molecule has 0 aliphatic rings. The van der Waals surface area contributed by atoms with E-state index in [1.54, 1.807) is 6.20 Å². The summed E-state index contributed by atoms with van der Waals surface area (Å²) >= 11 is 6.19. The van der Waals surface area contributed by atoms with E-state index >= 15 is 0 Å². The molecule has 3 aromatic rings. The number of pyridine rings is 1. The molecule has 3 rings (SSSR count). The zero-order valence-electron chi connectivity index (χ0n) is 10.7. The molecule has 0 aliphatic heterocycles. The van der Waals surface area contributed by atoms with E-state index in [1.165, 1.54) is 0 Å². The van der Waals surface area contributed by atoms with E-state index in [0.717, 1.165) is 28.4 Å². The molecule has 0 aromatic carbocycles. The number of rotatable bonds is 3. The minimum absolute atomic E-state index is 0.196. The van der Waals surface area contributed by atoms with Crippen LogP contribution in [0.4, 0.5) is 0 Å². The van der Waals surface area contributed by atoms with Crippen molar-refractivity contribution in [1.29, 1.82) is 0 Å². The van der Waals surface area contributed by atoms with Crippen LogP contribution in [-0.4, -0.2) is 19.7 Å². The van der Waals surface area contributed by atoms with Gasteiger partial charge in [-0.3, -0.25) is 0 Å². The second-order valence-corrected chi connectivity index (χ2v) is 5.11. The first-order valence-corrected chi connectivity index (χ1v) is 6.46. The summed E-state index contributed by atoms with van der Waals surface area (Å²) in [6.07, 6.45) is 1.74. The Labute approximate surface area is 115 Å². The van der Waals surface area contributed by atoms with E-state index in [2.05, 4.69) is 15.1 Å². The molecule has 6 heteroatoms. The first-order valence-electron chi connectivity index (χ1n) is 6.02. The maximum absolute atomic E-state index is 6.19. The Kier molecular flexibility index (Phi) is 2.98. The van der Waals surface area contributed by atoms with Gasteiger partial charge in [-0.2, -0.15) is 0 Å². The van der Waals surface area contributed by atoms with Gasteiger partial charge in [0.05, 0.1) is 17.6 Å². The number of aromatic nitrogens is 4. The standard InChI is InChI=1S/C13H13ClN4O/c1-8-6-10(19-17-8)7-18-12(9(2)14)16-11-4-3-5-15-13(11)18/h3-6,9H,7H2,1-2H3. The van der Waals surface area contributed by atoms with Crippen LogP contribution < -0.4 is 0 Å². The lowest BCUT2D eigenvalue weighted by atomic mass is 10.3. The van der Waals surface area contributed by atoms with E-state index in [9.17, 15) is 0 Å². The summed E-state index contributed by atoms with van der Waals surface area (Å²) in [5.74, 6) is 1.55. The van der Waals surface area contributed by atoms with Gasteiger partial charge < -0.3 is 9.09 Å². The van der Waals surface area contributed by atoms with Crippen molar-refractivity contribution in [3.8, 4) is 0 Å². The van der Waals surface area contributed by atoms with E-state index in [1.807, 2.05) is 36.6 Å². The van der Waals surface area contributed by atoms with Gasteiger partial charge in [-0.1, -0.05) is 5.16 Å². The van der Waals surface area contributed by atoms with Gasteiger partial charge in [-0.25, -0.2) is 9.97 Å². The highest BCUT2D eigenvalue weighted by Crippen LogP contribution is 2.24. The van der Waals surface area contributed by atoms with Crippen molar-refractivity contribution in [2.24, 2.45) is 0 Å². The number of alkyl halides is 1. The van der Waals surface area contributed by atoms with Crippen LogP contribution in [0.3, 0.4) is 0 Å². The van der Waals surface area contributed by atoms with Gasteiger partial charge in [0.2, 0.25) is 0 Å². The van der Waals surface area contributed by atoms with Gasteiger partial charge in [0.25, 0.3) is 0 Å². The highest BCUT2D eigenvalue weighted by Gasteiger charge is 2.17. The summed E-state index contributed by atoms with van der Waals surface area (Å²) < 4.78 is 7.22. The minimum Gasteiger partial charge on any atom is -0.359 e. The van der Waals surface area contributed by atoms with Gasteiger partial charge in [0.1, 0.15) is 11.3 Å². The molecule has 1 unspecified atom stereocenters. The Morgan fingerprint density at radius 3 is 3.00 bits per heavy atom. The van der Waals surface area contributed by atoms with Crippen LogP contribution in [0, 0.1) is 6.92 Å². The molecule has 0 saturated heterocycles. The molecule has 0 N–H and O–H groups in total. The average molecular weight is 277 g/mol. The fourth-order valence-corrected chi connectivity index (χ4v) is 2.25. The number of hydrogen-bond acceptors (Lipinski definition) is 4. The third-order valence-corrected chi connectivity index (χ3v) is 3.07. The van der Waals surface area contributed by atoms with E-state index in [-0.39, 0.29) is 5.38 Å². The van der Waals surface area contributed by atoms with E-state index in [4.69, 9.17) is 16.1 Å². The second-order valence-electron chi connectivity index (χ2n) is 4.45. The van der Waals surface area contributed by atoms with Crippen LogP contribution in [-0.2, 0) is 6.54 Å². The zero-order valence-corrected chi connectivity index (χ0v) is 11.4. The molecule has 98 valence electrons. The quantitative estimate of drug-likeness (QED) is 0.690. The maximum atomic E-state index is 6.19. The van der Waals surface area contributed by atoms with Crippen molar-refractivity contribution in [3.05, 3.63) is 41.7 Å². The molecule has 19 heavy (non-hydrogen) atoms. The number of aryl methyl sites for hydroxylation is 1. The molecule has 5 nitrogen and oxygen atoms in total. The summed E-state index contributed by atoms with van der Waals surface area (Å²) in [6, 6.07) is 5.69. The lowest BCUT2D eigenvalue weighted by Gasteiger charge is -2.07. The summed E-state index contributed by atoms with van der Waals surface area (Å²) in [7, 11) is 0. The lowest BCUT2D eigenvalue weighted by Crippen LogP contribution is -2.05. The van der Waals surface area contributed by atoms with E-state index < -0.39 is 0 Å². The Balaban J connectivity index is 2.12. The summed E-state index contributed by atoms with van der Waals surface area (Å²) in [4.78, 5) is 8.89. The van der Waals surface area contributed by atoms with Crippen LogP contribution in [0.5, 0.6) is 0 Å². The molecule has 0 bridgehead atoms. The smallest absolute Gasteiger partial charge is 0.160 e. The van der Waals surface area contributed by atoms with Crippen molar-refractivity contribution in [2.75, 3.05) is 0 Å². The summed E-state index contributed by atoms with van der Waals surface area (Å²) in [6.45, 7) is 4.31. The summed E-state index contributed by atoms with van der Waals surface area (Å²) in [5, 5.41) is 3.69. The molecule has 0 fully saturated rings. The largest absolute Gasteiger partial charge is 0.359 e. The first kappa shape index (κ1) is 12.2. The fraction of sp³-hybridized carbons (Fsp3) is 0.308. The Bertz CT molecular complexity index is 716. The number of halogens is 1. The monoisotopic (exact) mass is 276 g/mol. The Morgan fingerprint density at radius 2 is 2.32 bits per heavy atom. The highest BCUT2D eigenvalue weighted by molar-refractivity contribution is 6.20. The molecule has 0 saturated carbocycles. The molecular weight excluding hydrogens is 264 g/mol. The van der Waals surface area contributed by atoms with Crippen LogP contribution in [0.25, 0.3) is 11.2 Å². The molecule has 0 amide bonds. The minimum atomic E-state index is -0.196. The fourth-order valence-electron chi connectivity index (χ4n) is 2.08. The topological polar surface area (TPSA) is 56.7 Å². The Morgan fingerprint density at radius 1 is 1.47 bits per heavy atom. The number of hydrogen-bond donors (Lipinski definition) is 0. The Hall–Kier alpha value is -1.88. The van der Waals surface area contributed by atoms with Crippen LogP contribution >= 0.6 is 11.6 Å². The number of nitrogens with zero attached hydrogens (tertiary/aromatic N) is 4. The average Bonchev–Trinajstić information content (AvgIpc) is 2.95. The molecular formula is C13H13ClN4O. The summed E-state index contributed by atoms with van der Waals surface area (Å²) in [5.41, 5.74) is 2.49. The van der Waals surface area contributed by atoms with E-state index in [0.29, 0.717) is 6.54 Å². The van der Waals surface area contributed by atoms with Crippen LogP contribution in [0.15, 0.2) is 28.9 Å². The third kappa shape index (κ3) is 2.21. The predicted molar refractivity (Wildman–Crippen MR) is 72.1 cm³/mol. The van der Waals surface area contributed by atoms with Gasteiger partial charge in [-0.15, -0.1) is 11.6 Å². The zero-order chi connectivity index (χ0) is 13.4. The lowest BCUT2D eigenvalue weighted by molar-refractivity contribution is 0.372. The number of fused-ring (bicyclic) bond motifs is 1. The maximum Gasteiger partial charge on any atom is 0.160 e. The normalized spacial score (nSPS) is 13.0. The van der Waals surface area contributed by atoms with Crippen molar-refractivity contribution in [1.82, 2.24) is 19.7 Å². The van der Waals surface area contributed by atoms with Crippen LogP contribution in [0.1, 0.15) is 29.6 Å². The predicted octanol–water partition coefficient (Wildman–Crippen LogP) is 3.08. The molecule has 3 aromatic heterocycles. The highest BCUT2D eigenvalue weighted by atomic mass is 35.5. The third-order valence-electron chi connectivity index (χ3n) is 2.88. The van der Waals surface area contributed by atoms with Gasteiger partial charge in [-0.05, 0) is 26.0 Å². The van der Waals surface area contributed by atoms with Gasteiger partial charge in [0, 0.05) is 12.3 Å². The molecule has 1 atom stereocenters. The van der Waals surface area contributed by atoms with Gasteiger partial charge >= 0.3 is 0 Å². The van der Waals surface area contributed by atoms with Crippen LogP contribution in [0.2, 0.25) is 0 Å². The van der Waals surface area contributed by atoms with Gasteiger partial charge in [0.15, 0.2) is 11.4 Å². The molecule has 0 radical (unpaired) electrons. The molecule has 3 heterocycles. The van der Waals surface area contributed by atoms with Crippen molar-refractivity contribution >= 4 is 22.8 Å². The molecule has 0 spiro atoms. The SMILES string of the molecule is Cc1cc(Cn2c(C(C)Cl)nc3cccnc32)on1. The molecule has 0 aliphatic carbocycles. The second kappa shape index (κ2) is 4.66. The number of imidazole rings is 1. The van der Waals surface area contributed by atoms with Crippen molar-refractivity contribution < 1.29 is 4.52 Å². The van der Waals surface area contributed by atoms with Crippen molar-refractivity contribution in [3.63, 3.8) is 0 Å².